The smallest absolute Gasteiger partial charge is 0.129 e. The van der Waals surface area contributed by atoms with Gasteiger partial charge in [0.15, 0.2) is 0 Å². The molecule has 3 aromatic carbocycles. The summed E-state index contributed by atoms with van der Waals surface area (Å²) in [7, 11) is -3.24. The summed E-state index contributed by atoms with van der Waals surface area (Å²) in [5, 5.41) is 7.57. The van der Waals surface area contributed by atoms with Gasteiger partial charge in [0.25, 0.3) is 0 Å². The molecular formula is C46H56O6S8Si2. The molecule has 16 heteroatoms. The molecule has 7 rings (SSSR count). The summed E-state index contributed by atoms with van der Waals surface area (Å²) in [5.74, 6) is 10.8. The number of fused-ring (bicyclic) bond motifs is 2. The van der Waals surface area contributed by atoms with Crippen molar-refractivity contribution in [3.63, 3.8) is 0 Å². The molecule has 6 nitrogen and oxygen atoms in total. The van der Waals surface area contributed by atoms with Crippen molar-refractivity contribution < 1.29 is 28.4 Å². The van der Waals surface area contributed by atoms with Gasteiger partial charge in [-0.2, -0.15) is 0 Å². The minimum absolute atomic E-state index is 0.595. The molecule has 0 N–H and O–H groups in total. The van der Waals surface area contributed by atoms with Crippen LogP contribution in [0, 0.1) is 22.9 Å². The zero-order valence-electron chi connectivity index (χ0n) is 36.5. The number of thioether (sulfide) groups is 8. The second-order valence-corrected chi connectivity index (χ2v) is 36.0. The van der Waals surface area contributed by atoms with Crippen LogP contribution in [0.4, 0.5) is 0 Å². The molecule has 0 aliphatic carbocycles. The Balaban J connectivity index is 1.42. The van der Waals surface area contributed by atoms with Gasteiger partial charge in [-0.05, 0) is 45.8 Å². The topological polar surface area (TPSA) is 55.4 Å². The van der Waals surface area contributed by atoms with E-state index in [9.17, 15) is 0 Å². The molecular weight excluding hydrogens is 961 g/mol. The number of ether oxygens (including phenoxy) is 6. The summed E-state index contributed by atoms with van der Waals surface area (Å²) in [6.07, 6.45) is 0. The fourth-order valence-corrected chi connectivity index (χ4v) is 19.0. The van der Waals surface area contributed by atoms with E-state index < -0.39 is 16.1 Å². The van der Waals surface area contributed by atoms with Crippen molar-refractivity contribution in [3.05, 3.63) is 74.9 Å². The van der Waals surface area contributed by atoms with E-state index in [0.29, 0.717) is 79.3 Å². The Morgan fingerprint density at radius 2 is 0.661 bits per heavy atom. The summed E-state index contributed by atoms with van der Waals surface area (Å²) < 4.78 is 43.2. The lowest BCUT2D eigenvalue weighted by molar-refractivity contribution is 0.0205. The van der Waals surface area contributed by atoms with E-state index in [1.807, 2.05) is 94.1 Å². The van der Waals surface area contributed by atoms with Gasteiger partial charge >= 0.3 is 0 Å². The van der Waals surface area contributed by atoms with Crippen LogP contribution >= 0.6 is 94.1 Å². The first-order valence-electron chi connectivity index (χ1n) is 21.0. The van der Waals surface area contributed by atoms with Crippen molar-refractivity contribution in [2.75, 3.05) is 102 Å². The SMILES string of the molecule is C[Si](C)(C)C#Cc1ccc2c(=C3SC4=C(SCCOCCOCCOCCS4)S3)c3cc(C#C[Si](C)(C)C)ccc3c(=C3SC4=C(SCCOCCOCCOCCS4)S3)c2c1. The lowest BCUT2D eigenvalue weighted by Crippen LogP contribution is -2.18. The van der Waals surface area contributed by atoms with Gasteiger partial charge in [0.1, 0.15) is 16.1 Å². The molecule has 4 aliphatic rings. The lowest BCUT2D eigenvalue weighted by Gasteiger charge is -2.13. The highest BCUT2D eigenvalue weighted by molar-refractivity contribution is 8.46. The standard InChI is InChI=1S/C46H56O6S8Si2/c1-61(2,3)29-11-33-7-9-35-37(31-33)39(41-57-43-44(58-41)54-26-22-50-18-14-47-13-17-49-21-25-53-43)36-10-8-34(12-30-62(4,5)6)32-38(36)40(35)42-59-45-46(60-42)56-28-24-52-20-16-48-15-19-51-23-27-55-45/h7-10,31-32H,13-28H2,1-6H3. The number of benzene rings is 3. The van der Waals surface area contributed by atoms with Gasteiger partial charge in [0, 0.05) is 44.6 Å². The van der Waals surface area contributed by atoms with E-state index in [4.69, 9.17) is 28.4 Å². The average molecular weight is 1020 g/mol. The summed E-state index contributed by atoms with van der Waals surface area (Å²) in [5.41, 5.74) is 9.45. The van der Waals surface area contributed by atoms with Gasteiger partial charge in [-0.1, -0.05) is 110 Å². The molecule has 0 atom stereocenters. The van der Waals surface area contributed by atoms with Crippen LogP contribution in [0.1, 0.15) is 11.1 Å². The van der Waals surface area contributed by atoms with Crippen LogP contribution in [0.25, 0.3) is 30.0 Å². The van der Waals surface area contributed by atoms with Gasteiger partial charge in [0.05, 0.1) is 105 Å². The van der Waals surface area contributed by atoms with Crippen LogP contribution in [0.3, 0.4) is 0 Å². The van der Waals surface area contributed by atoms with Gasteiger partial charge in [-0.15, -0.1) is 58.1 Å². The fourth-order valence-electron chi connectivity index (χ4n) is 6.30. The molecule has 0 bridgehead atoms. The predicted molar refractivity (Wildman–Crippen MR) is 287 cm³/mol. The Morgan fingerprint density at radius 3 is 0.952 bits per heavy atom. The van der Waals surface area contributed by atoms with E-state index in [1.165, 1.54) is 57.4 Å². The van der Waals surface area contributed by atoms with E-state index in [1.54, 1.807) is 0 Å². The average Bonchev–Trinajstić information content (AvgIpc) is 3.83. The first-order chi connectivity index (χ1) is 30.0. The molecule has 0 saturated heterocycles. The molecule has 0 amide bonds. The van der Waals surface area contributed by atoms with Gasteiger partial charge in [0.2, 0.25) is 0 Å². The number of hydrogen-bond donors (Lipinski definition) is 0. The highest BCUT2D eigenvalue weighted by Crippen LogP contribution is 2.59. The minimum Gasteiger partial charge on any atom is -0.378 e. The third-order valence-electron chi connectivity index (χ3n) is 9.09. The van der Waals surface area contributed by atoms with Crippen LogP contribution in [0.2, 0.25) is 39.3 Å². The van der Waals surface area contributed by atoms with Crippen molar-refractivity contribution in [2.24, 2.45) is 0 Å². The highest BCUT2D eigenvalue weighted by atomic mass is 32.3. The maximum atomic E-state index is 5.96. The molecule has 3 aromatic rings. The van der Waals surface area contributed by atoms with Gasteiger partial charge < -0.3 is 28.4 Å². The maximum Gasteiger partial charge on any atom is 0.129 e. The Hall–Kier alpha value is -0.486. The van der Waals surface area contributed by atoms with Crippen molar-refractivity contribution >= 4 is 140 Å². The summed E-state index contributed by atoms with van der Waals surface area (Å²) in [6, 6.07) is 13.9. The third kappa shape index (κ3) is 14.8. The van der Waals surface area contributed by atoms with E-state index in [2.05, 4.69) is 98.6 Å². The van der Waals surface area contributed by atoms with Crippen LogP contribution in [0.5, 0.6) is 0 Å². The van der Waals surface area contributed by atoms with E-state index in [-0.39, 0.29) is 0 Å². The Morgan fingerprint density at radius 1 is 0.371 bits per heavy atom. The van der Waals surface area contributed by atoms with Gasteiger partial charge in [-0.3, -0.25) is 0 Å². The molecule has 4 heterocycles. The maximum absolute atomic E-state index is 5.96. The highest BCUT2D eigenvalue weighted by Gasteiger charge is 2.28. The first kappa shape index (κ1) is 49.4. The van der Waals surface area contributed by atoms with Crippen molar-refractivity contribution in [1.29, 1.82) is 0 Å². The van der Waals surface area contributed by atoms with Crippen LogP contribution < -0.4 is 10.4 Å². The molecule has 0 unspecified atom stereocenters. The van der Waals surface area contributed by atoms with Crippen molar-refractivity contribution in [3.8, 4) is 22.9 Å². The van der Waals surface area contributed by atoms with Crippen LogP contribution in [-0.4, -0.2) is 118 Å². The molecule has 0 saturated carbocycles. The zero-order valence-corrected chi connectivity index (χ0v) is 45.0. The molecule has 62 heavy (non-hydrogen) atoms. The zero-order chi connectivity index (χ0) is 43.4. The molecule has 0 fully saturated rings. The van der Waals surface area contributed by atoms with E-state index >= 15 is 0 Å². The van der Waals surface area contributed by atoms with E-state index in [0.717, 1.165) is 34.1 Å². The van der Waals surface area contributed by atoms with Crippen molar-refractivity contribution in [1.82, 2.24) is 0 Å². The summed E-state index contributed by atoms with van der Waals surface area (Å²) in [6.45, 7) is 21.4. The molecule has 4 aliphatic heterocycles. The third-order valence-corrected chi connectivity index (χ3v) is 21.8. The predicted octanol–water partition coefficient (Wildman–Crippen LogP) is 10.9. The summed E-state index contributed by atoms with van der Waals surface area (Å²) in [4.78, 5) is 0. The minimum atomic E-state index is -1.62. The Kier molecular flexibility index (Phi) is 19.5. The molecule has 0 radical (unpaired) electrons. The second kappa shape index (κ2) is 24.5. The largest absolute Gasteiger partial charge is 0.378 e. The quantitative estimate of drug-likeness (QED) is 0.122. The second-order valence-electron chi connectivity index (χ2n) is 16.5. The fraction of sp³-hybridized carbons (Fsp3) is 0.478. The van der Waals surface area contributed by atoms with Crippen LogP contribution in [0.15, 0.2) is 53.3 Å². The lowest BCUT2D eigenvalue weighted by atomic mass is 9.96. The van der Waals surface area contributed by atoms with Crippen LogP contribution in [-0.2, 0) is 28.4 Å². The molecule has 0 aromatic heterocycles. The Bertz CT molecular complexity index is 2180. The summed E-state index contributed by atoms with van der Waals surface area (Å²) >= 11 is 15.3. The number of rotatable bonds is 0. The molecule has 0 spiro atoms. The Labute approximate surface area is 404 Å². The monoisotopic (exact) mass is 1020 g/mol. The van der Waals surface area contributed by atoms with Crippen molar-refractivity contribution in [2.45, 2.75) is 39.3 Å². The van der Waals surface area contributed by atoms with Gasteiger partial charge in [-0.25, -0.2) is 0 Å². The number of hydrogen-bond acceptors (Lipinski definition) is 14. The normalized spacial score (nSPS) is 20.3. The first-order valence-corrected chi connectivity index (χ1v) is 35.3. The molecule has 332 valence electrons.